The highest BCUT2D eigenvalue weighted by Crippen LogP contribution is 2.26. The zero-order valence-electron chi connectivity index (χ0n) is 12.5. The van der Waals surface area contributed by atoms with Crippen LogP contribution in [-0.2, 0) is 16.0 Å². The molecule has 0 spiro atoms. The molecule has 0 saturated carbocycles. The van der Waals surface area contributed by atoms with E-state index >= 15 is 0 Å². The van der Waals surface area contributed by atoms with Gasteiger partial charge in [0.1, 0.15) is 12.1 Å². The second-order valence-corrected chi connectivity index (χ2v) is 5.99. The molecule has 1 aromatic rings. The van der Waals surface area contributed by atoms with E-state index in [9.17, 15) is 9.59 Å². The molecule has 0 aromatic heterocycles. The Morgan fingerprint density at radius 3 is 2.62 bits per heavy atom. The summed E-state index contributed by atoms with van der Waals surface area (Å²) in [6.45, 7) is 3.22. The number of benzene rings is 1. The highest BCUT2D eigenvalue weighted by Gasteiger charge is 2.44. The molecule has 21 heavy (non-hydrogen) atoms. The van der Waals surface area contributed by atoms with Gasteiger partial charge >= 0.3 is 0 Å². The summed E-state index contributed by atoms with van der Waals surface area (Å²) in [5, 5.41) is 0. The second-order valence-electron chi connectivity index (χ2n) is 5.99. The minimum Gasteiger partial charge on any atom is -0.329 e. The first kappa shape index (κ1) is 14.1. The summed E-state index contributed by atoms with van der Waals surface area (Å²) < 4.78 is 0. The Morgan fingerprint density at radius 1 is 1.10 bits per heavy atom. The minimum absolute atomic E-state index is 0.118. The van der Waals surface area contributed by atoms with Crippen molar-refractivity contribution >= 4 is 11.8 Å². The summed E-state index contributed by atoms with van der Waals surface area (Å²) in [5.41, 5.74) is 1.20. The predicted octanol–water partition coefficient (Wildman–Crippen LogP) is 1.84. The Kier molecular flexibility index (Phi) is 3.95. The number of amides is 2. The molecule has 0 N–H and O–H groups in total. The number of rotatable bonds is 3. The van der Waals surface area contributed by atoms with E-state index in [-0.39, 0.29) is 23.9 Å². The number of carbonyl (C=O) groups is 2. The highest BCUT2D eigenvalue weighted by atomic mass is 16.2. The number of nitrogens with zero attached hydrogens (tertiary/aromatic N) is 2. The predicted molar refractivity (Wildman–Crippen MR) is 80.7 cm³/mol. The summed E-state index contributed by atoms with van der Waals surface area (Å²) in [7, 11) is 0. The van der Waals surface area contributed by atoms with Crippen molar-refractivity contribution < 1.29 is 9.59 Å². The van der Waals surface area contributed by atoms with E-state index in [1.807, 2.05) is 25.1 Å². The van der Waals surface area contributed by atoms with Crippen LogP contribution < -0.4 is 0 Å². The molecule has 112 valence electrons. The molecule has 2 atom stereocenters. The van der Waals surface area contributed by atoms with Crippen LogP contribution in [0.15, 0.2) is 30.3 Å². The highest BCUT2D eigenvalue weighted by molar-refractivity contribution is 5.96. The number of hydrogen-bond acceptors (Lipinski definition) is 2. The normalized spacial score (nSPS) is 26.0. The van der Waals surface area contributed by atoms with Crippen molar-refractivity contribution in [1.29, 1.82) is 0 Å². The van der Waals surface area contributed by atoms with Gasteiger partial charge in [0.2, 0.25) is 11.8 Å². The first-order valence-corrected chi connectivity index (χ1v) is 7.83. The van der Waals surface area contributed by atoms with Crippen LogP contribution in [0.2, 0.25) is 0 Å². The Morgan fingerprint density at radius 2 is 1.86 bits per heavy atom. The number of piperazine rings is 1. The smallest absolute Gasteiger partial charge is 0.246 e. The van der Waals surface area contributed by atoms with Gasteiger partial charge < -0.3 is 9.80 Å². The topological polar surface area (TPSA) is 40.6 Å². The summed E-state index contributed by atoms with van der Waals surface area (Å²) in [5.74, 6) is 0.255. The van der Waals surface area contributed by atoms with Crippen LogP contribution in [0.3, 0.4) is 0 Å². The summed E-state index contributed by atoms with van der Waals surface area (Å²) in [4.78, 5) is 28.7. The maximum Gasteiger partial charge on any atom is 0.246 e. The molecule has 2 amide bonds. The molecular weight excluding hydrogens is 264 g/mol. The van der Waals surface area contributed by atoms with Gasteiger partial charge in [0.15, 0.2) is 0 Å². The zero-order chi connectivity index (χ0) is 14.8. The van der Waals surface area contributed by atoms with Crippen LogP contribution in [0.1, 0.15) is 31.7 Å². The van der Waals surface area contributed by atoms with Gasteiger partial charge in [-0.25, -0.2) is 0 Å². The van der Waals surface area contributed by atoms with Crippen LogP contribution in [-0.4, -0.2) is 46.8 Å². The quantitative estimate of drug-likeness (QED) is 0.850. The molecule has 0 bridgehead atoms. The first-order valence-electron chi connectivity index (χ1n) is 7.83. The number of fused-ring (bicyclic) bond motifs is 1. The van der Waals surface area contributed by atoms with Crippen LogP contribution >= 0.6 is 0 Å². The van der Waals surface area contributed by atoms with Gasteiger partial charge in [-0.05, 0) is 38.2 Å². The fraction of sp³-hybridized carbons (Fsp3) is 0.529. The van der Waals surface area contributed by atoms with Gasteiger partial charge in [-0.3, -0.25) is 9.59 Å². The molecular formula is C17H22N2O2. The van der Waals surface area contributed by atoms with Gasteiger partial charge in [-0.1, -0.05) is 30.3 Å². The van der Waals surface area contributed by atoms with Crippen molar-refractivity contribution in [3.63, 3.8) is 0 Å². The van der Waals surface area contributed by atoms with Gasteiger partial charge in [0, 0.05) is 13.1 Å². The van der Waals surface area contributed by atoms with E-state index in [1.54, 1.807) is 9.80 Å². The lowest BCUT2D eigenvalue weighted by Gasteiger charge is -2.46. The van der Waals surface area contributed by atoms with E-state index in [2.05, 4.69) is 12.1 Å². The summed E-state index contributed by atoms with van der Waals surface area (Å²) in [6, 6.07) is 9.59. The van der Waals surface area contributed by atoms with E-state index in [0.717, 1.165) is 32.2 Å². The Hall–Kier alpha value is -1.84. The van der Waals surface area contributed by atoms with E-state index in [4.69, 9.17) is 0 Å². The molecule has 4 nitrogen and oxygen atoms in total. The number of carbonyl (C=O) groups excluding carboxylic acids is 2. The fourth-order valence-corrected chi connectivity index (χ4v) is 3.41. The monoisotopic (exact) mass is 286 g/mol. The van der Waals surface area contributed by atoms with Crippen molar-refractivity contribution in [3.05, 3.63) is 35.9 Å². The largest absolute Gasteiger partial charge is 0.329 e. The molecule has 1 aromatic carbocycles. The lowest BCUT2D eigenvalue weighted by atomic mass is 9.95. The van der Waals surface area contributed by atoms with Gasteiger partial charge in [-0.15, -0.1) is 0 Å². The molecule has 2 heterocycles. The molecule has 0 aliphatic carbocycles. The molecule has 2 aliphatic heterocycles. The van der Waals surface area contributed by atoms with Crippen molar-refractivity contribution in [3.8, 4) is 0 Å². The molecule has 2 unspecified atom stereocenters. The lowest BCUT2D eigenvalue weighted by Crippen LogP contribution is -2.65. The molecule has 2 aliphatic rings. The molecule has 0 radical (unpaired) electrons. The Labute approximate surface area is 125 Å². The van der Waals surface area contributed by atoms with E-state index in [1.165, 1.54) is 5.56 Å². The summed E-state index contributed by atoms with van der Waals surface area (Å²) in [6.07, 6.45) is 3.68. The SMILES string of the molecule is CC1C(=O)N2CCCCC2C(=O)N1CCc1ccccc1. The molecule has 3 rings (SSSR count). The third kappa shape index (κ3) is 2.67. The Bertz CT molecular complexity index is 529. The second kappa shape index (κ2) is 5.88. The minimum atomic E-state index is -0.324. The van der Waals surface area contributed by atoms with Crippen LogP contribution in [0, 0.1) is 0 Å². The lowest BCUT2D eigenvalue weighted by molar-refractivity contribution is -0.162. The van der Waals surface area contributed by atoms with Gasteiger partial charge in [-0.2, -0.15) is 0 Å². The third-order valence-electron chi connectivity index (χ3n) is 4.66. The van der Waals surface area contributed by atoms with Gasteiger partial charge in [0.05, 0.1) is 0 Å². The number of hydrogen-bond donors (Lipinski definition) is 0. The van der Waals surface area contributed by atoms with Crippen molar-refractivity contribution in [2.24, 2.45) is 0 Å². The Balaban J connectivity index is 1.72. The summed E-state index contributed by atoms with van der Waals surface area (Å²) >= 11 is 0. The van der Waals surface area contributed by atoms with Crippen LogP contribution in [0.4, 0.5) is 0 Å². The van der Waals surface area contributed by atoms with Gasteiger partial charge in [0.25, 0.3) is 0 Å². The van der Waals surface area contributed by atoms with Crippen LogP contribution in [0.25, 0.3) is 0 Å². The van der Waals surface area contributed by atoms with E-state index < -0.39 is 0 Å². The first-order chi connectivity index (χ1) is 10.2. The maximum atomic E-state index is 12.7. The molecule has 4 heteroatoms. The van der Waals surface area contributed by atoms with Crippen molar-refractivity contribution in [1.82, 2.24) is 9.80 Å². The molecule has 2 fully saturated rings. The average molecular weight is 286 g/mol. The van der Waals surface area contributed by atoms with E-state index in [0.29, 0.717) is 6.54 Å². The van der Waals surface area contributed by atoms with Crippen LogP contribution in [0.5, 0.6) is 0 Å². The average Bonchev–Trinajstić information content (AvgIpc) is 2.54. The zero-order valence-corrected chi connectivity index (χ0v) is 12.5. The third-order valence-corrected chi connectivity index (χ3v) is 4.66. The molecule has 2 saturated heterocycles. The number of piperidine rings is 1. The maximum absolute atomic E-state index is 12.7. The van der Waals surface area contributed by atoms with Crippen molar-refractivity contribution in [2.45, 2.75) is 44.7 Å². The standard InChI is InChI=1S/C17H22N2O2/c1-13-16(20)19-11-6-5-9-15(19)17(21)18(13)12-10-14-7-3-2-4-8-14/h2-4,7-8,13,15H,5-6,9-12H2,1H3. The van der Waals surface area contributed by atoms with Crippen molar-refractivity contribution in [2.75, 3.05) is 13.1 Å². The fourth-order valence-electron chi connectivity index (χ4n) is 3.41.